The fraction of sp³-hybridized carbons (Fsp3) is 0.188. The van der Waals surface area contributed by atoms with E-state index < -0.39 is 11.9 Å². The molecule has 0 aliphatic rings. The minimum absolute atomic E-state index is 0. The van der Waals surface area contributed by atoms with E-state index >= 15 is 0 Å². The van der Waals surface area contributed by atoms with Gasteiger partial charge in [-0.2, -0.15) is 0 Å². The van der Waals surface area contributed by atoms with Crippen LogP contribution in [0.3, 0.4) is 0 Å². The van der Waals surface area contributed by atoms with Crippen molar-refractivity contribution in [1.82, 2.24) is 4.98 Å². The Morgan fingerprint density at radius 1 is 1.33 bits per heavy atom. The van der Waals surface area contributed by atoms with Crippen LogP contribution >= 0.6 is 35.3 Å². The topological polar surface area (TPSA) is 74.2 Å². The number of nitrogen functional groups attached to an aromatic ring is 1. The number of hydrogen-bond acceptors (Lipinski definition) is 5. The minimum Gasteiger partial charge on any atom is -0.426 e. The summed E-state index contributed by atoms with van der Waals surface area (Å²) in [6.07, 6.45) is 0.610. The number of ether oxygens (including phenoxy) is 1. The van der Waals surface area contributed by atoms with E-state index in [1.807, 2.05) is 13.0 Å². The molecule has 24 heavy (non-hydrogen) atoms. The van der Waals surface area contributed by atoms with Gasteiger partial charge in [0.15, 0.2) is 11.6 Å². The van der Waals surface area contributed by atoms with E-state index in [4.69, 9.17) is 27.8 Å². The molecule has 0 bridgehead atoms. The minimum atomic E-state index is -0.550. The predicted octanol–water partition coefficient (Wildman–Crippen LogP) is 5.29. The summed E-state index contributed by atoms with van der Waals surface area (Å²) < 4.78 is 21.1. The molecule has 0 aliphatic heterocycles. The molecule has 0 saturated carbocycles. The van der Waals surface area contributed by atoms with Crippen LogP contribution in [-0.2, 0) is 0 Å². The van der Waals surface area contributed by atoms with Crippen LogP contribution in [-0.4, -0.2) is 4.98 Å². The lowest BCUT2D eigenvalue weighted by molar-refractivity contribution is 0.433. The van der Waals surface area contributed by atoms with Crippen LogP contribution in [0.5, 0.6) is 10.9 Å². The van der Waals surface area contributed by atoms with Crippen molar-refractivity contribution in [2.75, 3.05) is 5.73 Å². The van der Waals surface area contributed by atoms with E-state index in [-0.39, 0.29) is 23.2 Å². The first-order valence-corrected chi connectivity index (χ1v) is 8.26. The van der Waals surface area contributed by atoms with Crippen molar-refractivity contribution >= 4 is 51.2 Å². The van der Waals surface area contributed by atoms with Crippen molar-refractivity contribution in [3.05, 3.63) is 46.7 Å². The Bertz CT molecular complexity index is 872. The molecule has 0 radical (unpaired) electrons. The molecular weight excluding hydrogens is 372 g/mol. The largest absolute Gasteiger partial charge is 0.426 e. The zero-order valence-corrected chi connectivity index (χ0v) is 15.1. The molecule has 0 saturated heterocycles. The SMILES string of the molecule is CC[C@@H](N)c1ccc(Cl)c(Oc2nc3cc(N)ccc3s2)c1F.Cl. The number of fused-ring (bicyclic) bond motifs is 1. The van der Waals surface area contributed by atoms with Crippen molar-refractivity contribution in [1.29, 1.82) is 0 Å². The smallest absolute Gasteiger partial charge is 0.279 e. The quantitative estimate of drug-likeness (QED) is 0.595. The van der Waals surface area contributed by atoms with Crippen molar-refractivity contribution in [2.24, 2.45) is 5.73 Å². The fourth-order valence-electron chi connectivity index (χ4n) is 2.20. The lowest BCUT2D eigenvalue weighted by Gasteiger charge is -2.14. The van der Waals surface area contributed by atoms with Gasteiger partial charge in [0.25, 0.3) is 5.19 Å². The van der Waals surface area contributed by atoms with Crippen molar-refractivity contribution in [3.63, 3.8) is 0 Å². The molecule has 0 unspecified atom stereocenters. The molecule has 0 amide bonds. The van der Waals surface area contributed by atoms with Crippen LogP contribution in [0.4, 0.5) is 10.1 Å². The average Bonchev–Trinajstić information content (AvgIpc) is 2.92. The molecule has 2 aromatic carbocycles. The first kappa shape index (κ1) is 18.7. The highest BCUT2D eigenvalue weighted by molar-refractivity contribution is 7.20. The number of benzene rings is 2. The third kappa shape index (κ3) is 3.57. The predicted molar refractivity (Wildman–Crippen MR) is 100.0 cm³/mol. The highest BCUT2D eigenvalue weighted by atomic mass is 35.5. The van der Waals surface area contributed by atoms with E-state index in [1.54, 1.807) is 24.3 Å². The number of hydrogen-bond donors (Lipinski definition) is 2. The van der Waals surface area contributed by atoms with Crippen molar-refractivity contribution in [2.45, 2.75) is 19.4 Å². The molecule has 3 rings (SSSR count). The molecule has 1 atom stereocenters. The van der Waals surface area contributed by atoms with Gasteiger partial charge in [0, 0.05) is 17.3 Å². The first-order chi connectivity index (χ1) is 11.0. The maximum Gasteiger partial charge on any atom is 0.279 e. The molecule has 3 aromatic rings. The summed E-state index contributed by atoms with van der Waals surface area (Å²) in [4.78, 5) is 4.31. The Morgan fingerprint density at radius 3 is 2.79 bits per heavy atom. The van der Waals surface area contributed by atoms with Crippen LogP contribution in [0.15, 0.2) is 30.3 Å². The third-order valence-corrected chi connectivity index (χ3v) is 4.71. The summed E-state index contributed by atoms with van der Waals surface area (Å²) in [6.45, 7) is 1.89. The van der Waals surface area contributed by atoms with Gasteiger partial charge in [-0.15, -0.1) is 12.4 Å². The van der Waals surface area contributed by atoms with Crippen LogP contribution in [0, 0.1) is 5.82 Å². The monoisotopic (exact) mass is 387 g/mol. The molecule has 0 spiro atoms. The van der Waals surface area contributed by atoms with Gasteiger partial charge in [0.2, 0.25) is 0 Å². The van der Waals surface area contributed by atoms with Gasteiger partial charge in [0.05, 0.1) is 15.2 Å². The number of nitrogens with two attached hydrogens (primary N) is 2. The number of rotatable bonds is 4. The van der Waals surface area contributed by atoms with Crippen LogP contribution in [0.25, 0.3) is 10.2 Å². The number of anilines is 1. The maximum absolute atomic E-state index is 14.6. The van der Waals surface area contributed by atoms with E-state index in [2.05, 4.69) is 4.98 Å². The van der Waals surface area contributed by atoms with E-state index in [1.165, 1.54) is 11.3 Å². The molecule has 0 aliphatic carbocycles. The van der Waals surface area contributed by atoms with Gasteiger partial charge in [-0.25, -0.2) is 9.37 Å². The average molecular weight is 388 g/mol. The van der Waals surface area contributed by atoms with E-state index in [0.29, 0.717) is 28.4 Å². The van der Waals surface area contributed by atoms with Gasteiger partial charge >= 0.3 is 0 Å². The molecule has 1 aromatic heterocycles. The summed E-state index contributed by atoms with van der Waals surface area (Å²) in [6, 6.07) is 8.10. The number of nitrogens with zero attached hydrogens (tertiary/aromatic N) is 1. The Kier molecular flexibility index (Phi) is 5.87. The lowest BCUT2D eigenvalue weighted by atomic mass is 10.0. The highest BCUT2D eigenvalue weighted by Gasteiger charge is 2.19. The zero-order chi connectivity index (χ0) is 16.6. The lowest BCUT2D eigenvalue weighted by Crippen LogP contribution is -2.11. The van der Waals surface area contributed by atoms with Gasteiger partial charge in [-0.3, -0.25) is 0 Å². The Morgan fingerprint density at radius 2 is 2.08 bits per heavy atom. The zero-order valence-electron chi connectivity index (χ0n) is 12.8. The summed E-state index contributed by atoms with van der Waals surface area (Å²) in [7, 11) is 0. The van der Waals surface area contributed by atoms with Crippen LogP contribution in [0.2, 0.25) is 5.02 Å². The summed E-state index contributed by atoms with van der Waals surface area (Å²) in [5.74, 6) is -0.606. The standard InChI is InChI=1S/C16H15ClFN3OS.ClH/c1-2-11(20)9-4-5-10(17)15(14(9)18)22-16-21-12-7-8(19)3-6-13(12)23-16;/h3-7,11H,2,19-20H2,1H3;1H/t11-;/m1./s1. The van der Waals surface area contributed by atoms with E-state index in [9.17, 15) is 4.39 Å². The molecular formula is C16H16Cl2FN3OS. The number of thiazole rings is 1. The molecule has 0 fully saturated rings. The maximum atomic E-state index is 14.6. The summed E-state index contributed by atoms with van der Waals surface area (Å²) in [5, 5.41) is 0.474. The van der Waals surface area contributed by atoms with E-state index in [0.717, 1.165) is 4.70 Å². The van der Waals surface area contributed by atoms with Crippen LogP contribution < -0.4 is 16.2 Å². The molecule has 1 heterocycles. The molecule has 4 nitrogen and oxygen atoms in total. The highest BCUT2D eigenvalue weighted by Crippen LogP contribution is 2.38. The second-order valence-corrected chi connectivity index (χ2v) is 6.50. The first-order valence-electron chi connectivity index (χ1n) is 7.07. The number of halogens is 3. The summed E-state index contributed by atoms with van der Waals surface area (Å²) >= 11 is 7.37. The second kappa shape index (κ2) is 7.53. The van der Waals surface area contributed by atoms with Gasteiger partial charge in [-0.1, -0.05) is 35.9 Å². The van der Waals surface area contributed by atoms with Crippen LogP contribution in [0.1, 0.15) is 24.9 Å². The Balaban J connectivity index is 0.00000208. The Hall–Kier alpha value is -1.60. The number of aromatic nitrogens is 1. The van der Waals surface area contributed by atoms with Gasteiger partial charge in [0.1, 0.15) is 0 Å². The Labute approximate surface area is 154 Å². The van der Waals surface area contributed by atoms with Gasteiger partial charge in [-0.05, 0) is 30.7 Å². The molecule has 4 N–H and O–H groups in total. The second-order valence-electron chi connectivity index (χ2n) is 5.10. The third-order valence-electron chi connectivity index (χ3n) is 3.50. The van der Waals surface area contributed by atoms with Crippen molar-refractivity contribution in [3.8, 4) is 10.9 Å². The normalized spacial score (nSPS) is 12.0. The molecule has 8 heteroatoms. The van der Waals surface area contributed by atoms with Crippen molar-refractivity contribution < 1.29 is 9.13 Å². The molecule has 128 valence electrons. The van der Waals surface area contributed by atoms with Gasteiger partial charge < -0.3 is 16.2 Å². The fourth-order valence-corrected chi connectivity index (χ4v) is 3.19. The summed E-state index contributed by atoms with van der Waals surface area (Å²) in [5.41, 5.74) is 13.3.